The number of aromatic nitrogens is 1. The van der Waals surface area contributed by atoms with Crippen molar-refractivity contribution in [2.24, 2.45) is 5.92 Å². The van der Waals surface area contributed by atoms with E-state index in [1.165, 1.54) is 11.0 Å². The van der Waals surface area contributed by atoms with Crippen LogP contribution < -0.4 is 0 Å². The Hall–Kier alpha value is -2.90. The molecule has 1 saturated carbocycles. The van der Waals surface area contributed by atoms with E-state index < -0.39 is 17.7 Å². The van der Waals surface area contributed by atoms with Crippen molar-refractivity contribution < 1.29 is 22.8 Å². The van der Waals surface area contributed by atoms with Gasteiger partial charge in [0.15, 0.2) is 0 Å². The minimum absolute atomic E-state index is 0.0680. The van der Waals surface area contributed by atoms with Crippen LogP contribution in [0, 0.1) is 5.92 Å². The molecular formula is C22H22F3N3O2. The molecule has 5 nitrogen and oxygen atoms in total. The number of rotatable bonds is 6. The summed E-state index contributed by atoms with van der Waals surface area (Å²) in [7, 11) is 0. The Morgan fingerprint density at radius 2 is 1.93 bits per heavy atom. The smallest absolute Gasteiger partial charge is 0.338 e. The van der Waals surface area contributed by atoms with Gasteiger partial charge >= 0.3 is 6.18 Å². The van der Waals surface area contributed by atoms with Crippen LogP contribution >= 0.6 is 0 Å². The summed E-state index contributed by atoms with van der Waals surface area (Å²) in [5.41, 5.74) is 0.597. The second-order valence-electron chi connectivity index (χ2n) is 7.93. The zero-order valence-electron chi connectivity index (χ0n) is 16.3. The monoisotopic (exact) mass is 417 g/mol. The van der Waals surface area contributed by atoms with Crippen molar-refractivity contribution >= 4 is 11.8 Å². The lowest BCUT2D eigenvalue weighted by atomic mass is 10.1. The summed E-state index contributed by atoms with van der Waals surface area (Å²) in [5, 5.41) is 0. The molecule has 0 bridgehead atoms. The molecule has 158 valence electrons. The molecule has 2 fully saturated rings. The Morgan fingerprint density at radius 1 is 1.17 bits per heavy atom. The van der Waals surface area contributed by atoms with Gasteiger partial charge in [-0.2, -0.15) is 13.2 Å². The maximum absolute atomic E-state index is 13.1. The highest BCUT2D eigenvalue weighted by Crippen LogP contribution is 2.33. The number of hydrogen-bond acceptors (Lipinski definition) is 3. The zero-order valence-corrected chi connectivity index (χ0v) is 16.3. The minimum Gasteiger partial charge on any atom is -0.338 e. The topological polar surface area (TPSA) is 53.5 Å². The first kappa shape index (κ1) is 20.4. The minimum atomic E-state index is -4.43. The van der Waals surface area contributed by atoms with Crippen LogP contribution in [0.3, 0.4) is 0 Å². The number of carbonyl (C=O) groups is 2. The number of pyridine rings is 1. The zero-order chi connectivity index (χ0) is 21.3. The third-order valence-corrected chi connectivity index (χ3v) is 5.54. The molecule has 1 aliphatic heterocycles. The fraction of sp³-hybridized carbons (Fsp3) is 0.409. The lowest BCUT2D eigenvalue weighted by Crippen LogP contribution is -2.38. The van der Waals surface area contributed by atoms with E-state index in [2.05, 4.69) is 4.98 Å². The van der Waals surface area contributed by atoms with E-state index in [1.54, 1.807) is 18.5 Å². The summed E-state index contributed by atoms with van der Waals surface area (Å²) >= 11 is 0. The summed E-state index contributed by atoms with van der Waals surface area (Å²) in [5.74, 6) is -0.746. The Kier molecular flexibility index (Phi) is 5.49. The van der Waals surface area contributed by atoms with Crippen LogP contribution in [0.2, 0.25) is 0 Å². The van der Waals surface area contributed by atoms with Gasteiger partial charge in [0.1, 0.15) is 0 Å². The van der Waals surface area contributed by atoms with Gasteiger partial charge < -0.3 is 9.80 Å². The van der Waals surface area contributed by atoms with E-state index in [0.29, 0.717) is 12.1 Å². The van der Waals surface area contributed by atoms with Gasteiger partial charge in [0.05, 0.1) is 11.5 Å². The molecule has 8 heteroatoms. The second-order valence-corrected chi connectivity index (χ2v) is 7.93. The Morgan fingerprint density at radius 3 is 2.60 bits per heavy atom. The summed E-state index contributed by atoms with van der Waals surface area (Å²) in [4.78, 5) is 33.0. The molecule has 0 unspecified atom stereocenters. The lowest BCUT2D eigenvalue weighted by molar-refractivity contribution is -0.138. The molecular weight excluding hydrogens is 395 g/mol. The number of nitrogens with zero attached hydrogens (tertiary/aromatic N) is 3. The summed E-state index contributed by atoms with van der Waals surface area (Å²) < 4.78 is 38.8. The molecule has 0 spiro atoms. The molecule has 1 aromatic heterocycles. The number of carbonyl (C=O) groups excluding carboxylic acids is 2. The summed E-state index contributed by atoms with van der Waals surface area (Å²) in [6.07, 6.45) is 0.951. The highest BCUT2D eigenvalue weighted by molar-refractivity contribution is 5.89. The molecule has 1 saturated heterocycles. The quantitative estimate of drug-likeness (QED) is 0.721. The lowest BCUT2D eigenvalue weighted by Gasteiger charge is -2.25. The van der Waals surface area contributed by atoms with Gasteiger partial charge in [0, 0.05) is 44.5 Å². The highest BCUT2D eigenvalue weighted by atomic mass is 19.4. The maximum Gasteiger partial charge on any atom is 0.416 e. The van der Waals surface area contributed by atoms with E-state index >= 15 is 0 Å². The van der Waals surface area contributed by atoms with Crippen LogP contribution in [0.25, 0.3) is 0 Å². The Balaban J connectivity index is 1.43. The third kappa shape index (κ3) is 4.63. The molecule has 2 heterocycles. The average molecular weight is 417 g/mol. The third-order valence-electron chi connectivity index (χ3n) is 5.54. The number of hydrogen-bond donors (Lipinski definition) is 0. The number of halogens is 3. The van der Waals surface area contributed by atoms with Crippen LogP contribution in [0.1, 0.15) is 36.0 Å². The van der Waals surface area contributed by atoms with Gasteiger partial charge in [-0.1, -0.05) is 18.2 Å². The fourth-order valence-electron chi connectivity index (χ4n) is 3.85. The number of benzene rings is 1. The largest absolute Gasteiger partial charge is 0.416 e. The van der Waals surface area contributed by atoms with Crippen molar-refractivity contribution in [1.82, 2.24) is 14.8 Å². The van der Waals surface area contributed by atoms with E-state index in [-0.39, 0.29) is 37.4 Å². The molecule has 0 radical (unpaired) electrons. The van der Waals surface area contributed by atoms with Crippen molar-refractivity contribution in [3.63, 3.8) is 0 Å². The van der Waals surface area contributed by atoms with Gasteiger partial charge in [0.2, 0.25) is 11.8 Å². The molecule has 30 heavy (non-hydrogen) atoms. The SMILES string of the molecule is O=C1C[C@@H](C(=O)N(Cc2cccnc2)C2CC2)CN1Cc1cccc(C(F)(F)F)c1. The van der Waals surface area contributed by atoms with Crippen LogP contribution in [0.5, 0.6) is 0 Å². The van der Waals surface area contributed by atoms with Crippen molar-refractivity contribution in [3.05, 3.63) is 65.5 Å². The molecule has 4 rings (SSSR count). The van der Waals surface area contributed by atoms with Gasteiger partial charge in [0.25, 0.3) is 0 Å². The van der Waals surface area contributed by atoms with Gasteiger partial charge in [-0.05, 0) is 42.2 Å². The predicted molar refractivity (Wildman–Crippen MR) is 103 cm³/mol. The second kappa shape index (κ2) is 8.08. The van der Waals surface area contributed by atoms with E-state index in [0.717, 1.165) is 30.5 Å². The van der Waals surface area contributed by atoms with Crippen molar-refractivity contribution in [2.75, 3.05) is 6.54 Å². The van der Waals surface area contributed by atoms with E-state index in [9.17, 15) is 22.8 Å². The van der Waals surface area contributed by atoms with Crippen molar-refractivity contribution in [3.8, 4) is 0 Å². The number of likely N-dealkylation sites (tertiary alicyclic amines) is 1. The van der Waals surface area contributed by atoms with Crippen LogP contribution in [-0.2, 0) is 28.9 Å². The van der Waals surface area contributed by atoms with Gasteiger partial charge in [-0.3, -0.25) is 14.6 Å². The molecule has 1 aliphatic carbocycles. The molecule has 1 aromatic carbocycles. The van der Waals surface area contributed by atoms with Crippen LogP contribution in [0.4, 0.5) is 13.2 Å². The van der Waals surface area contributed by atoms with Crippen molar-refractivity contribution in [1.29, 1.82) is 0 Å². The molecule has 2 aliphatic rings. The Labute approximate surface area is 172 Å². The highest BCUT2D eigenvalue weighted by Gasteiger charge is 2.41. The molecule has 0 N–H and O–H groups in total. The van der Waals surface area contributed by atoms with Crippen LogP contribution in [0.15, 0.2) is 48.8 Å². The first-order valence-corrected chi connectivity index (χ1v) is 9.94. The van der Waals surface area contributed by atoms with Gasteiger partial charge in [-0.25, -0.2) is 0 Å². The average Bonchev–Trinajstić information content (AvgIpc) is 3.50. The first-order valence-electron chi connectivity index (χ1n) is 9.94. The summed E-state index contributed by atoms with van der Waals surface area (Å²) in [6, 6.07) is 8.89. The van der Waals surface area contributed by atoms with Crippen LogP contribution in [-0.4, -0.2) is 39.2 Å². The van der Waals surface area contributed by atoms with E-state index in [1.807, 2.05) is 17.0 Å². The standard InChI is InChI=1S/C22H22F3N3O2/c23-22(24,25)18-5-1-3-15(9-18)12-27-14-17(10-20(27)29)21(30)28(19-6-7-19)13-16-4-2-8-26-11-16/h1-5,8-9,11,17,19H,6-7,10,12-14H2/t17-/m1/s1. The Bertz CT molecular complexity index is 929. The predicted octanol–water partition coefficient (Wildman–Crippen LogP) is 3.64. The molecule has 2 aromatic rings. The van der Waals surface area contributed by atoms with Gasteiger partial charge in [-0.15, -0.1) is 0 Å². The van der Waals surface area contributed by atoms with E-state index in [4.69, 9.17) is 0 Å². The normalized spacial score (nSPS) is 19.2. The molecule has 2 amide bonds. The van der Waals surface area contributed by atoms with Crippen molar-refractivity contribution in [2.45, 2.75) is 44.6 Å². The number of alkyl halides is 3. The molecule has 1 atom stereocenters. The maximum atomic E-state index is 13.1. The fourth-order valence-corrected chi connectivity index (χ4v) is 3.85. The first-order chi connectivity index (χ1) is 14.3. The number of amides is 2. The summed E-state index contributed by atoms with van der Waals surface area (Å²) in [6.45, 7) is 0.748.